The second-order valence-electron chi connectivity index (χ2n) is 4.67. The Balaban J connectivity index is 2.21. The maximum atomic E-state index is 5.64. The summed E-state index contributed by atoms with van der Waals surface area (Å²) in [4.78, 5) is 0. The molecule has 0 saturated heterocycles. The molecule has 0 aromatic rings. The molecule has 14 heavy (non-hydrogen) atoms. The van der Waals surface area contributed by atoms with Gasteiger partial charge in [-0.1, -0.05) is 45.4 Å². The van der Waals surface area contributed by atoms with Crippen LogP contribution in [0.4, 0.5) is 0 Å². The molecule has 84 valence electrons. The van der Waals surface area contributed by atoms with Crippen molar-refractivity contribution in [1.82, 2.24) is 0 Å². The first-order valence-corrected chi connectivity index (χ1v) is 6.41. The second kappa shape index (κ2) is 7.28. The number of ether oxygens (including phenoxy) is 1. The van der Waals surface area contributed by atoms with Crippen molar-refractivity contribution >= 4 is 0 Å². The van der Waals surface area contributed by atoms with Gasteiger partial charge in [-0.25, -0.2) is 0 Å². The van der Waals surface area contributed by atoms with Crippen LogP contribution in [0.5, 0.6) is 0 Å². The van der Waals surface area contributed by atoms with E-state index in [0.717, 1.165) is 5.92 Å². The van der Waals surface area contributed by atoms with E-state index in [2.05, 4.69) is 6.92 Å². The molecule has 0 amide bonds. The summed E-state index contributed by atoms with van der Waals surface area (Å²) in [6, 6.07) is 0. The first kappa shape index (κ1) is 12.0. The van der Waals surface area contributed by atoms with Gasteiger partial charge >= 0.3 is 0 Å². The van der Waals surface area contributed by atoms with Crippen molar-refractivity contribution in [3.8, 4) is 0 Å². The van der Waals surface area contributed by atoms with E-state index in [1.54, 1.807) is 0 Å². The fraction of sp³-hybridized carbons (Fsp3) is 1.00. The predicted octanol–water partition coefficient (Wildman–Crippen LogP) is 4.16. The average molecular weight is 198 g/mol. The highest BCUT2D eigenvalue weighted by atomic mass is 16.5. The Kier molecular flexibility index (Phi) is 6.25. The Hall–Kier alpha value is -0.0400. The van der Waals surface area contributed by atoms with Crippen LogP contribution in [0.25, 0.3) is 0 Å². The molecule has 0 aromatic carbocycles. The molecule has 1 heteroatoms. The molecule has 0 radical (unpaired) electrons. The van der Waals surface area contributed by atoms with Crippen LogP contribution >= 0.6 is 0 Å². The fourth-order valence-electron chi connectivity index (χ4n) is 2.65. The van der Waals surface area contributed by atoms with Gasteiger partial charge in [-0.05, 0) is 25.2 Å². The third-order valence-electron chi connectivity index (χ3n) is 3.57. The smallest absolute Gasteiger partial charge is 0.0599 e. The van der Waals surface area contributed by atoms with Crippen LogP contribution in [0.2, 0.25) is 0 Å². The van der Waals surface area contributed by atoms with Crippen molar-refractivity contribution in [2.75, 3.05) is 7.11 Å². The lowest BCUT2D eigenvalue weighted by Crippen LogP contribution is -2.24. The molecule has 1 aliphatic rings. The minimum absolute atomic E-state index is 0.557. The van der Waals surface area contributed by atoms with Gasteiger partial charge in [0.1, 0.15) is 0 Å². The normalized spacial score (nSPS) is 21.0. The van der Waals surface area contributed by atoms with Crippen LogP contribution in [0.3, 0.4) is 0 Å². The van der Waals surface area contributed by atoms with E-state index >= 15 is 0 Å². The summed E-state index contributed by atoms with van der Waals surface area (Å²) < 4.78 is 5.64. The number of methoxy groups -OCH3 is 1. The molecule has 0 bridgehead atoms. The van der Waals surface area contributed by atoms with Gasteiger partial charge in [0, 0.05) is 7.11 Å². The monoisotopic (exact) mass is 198 g/mol. The van der Waals surface area contributed by atoms with E-state index in [9.17, 15) is 0 Å². The Morgan fingerprint density at radius 1 is 1.14 bits per heavy atom. The van der Waals surface area contributed by atoms with Crippen molar-refractivity contribution in [1.29, 1.82) is 0 Å². The summed E-state index contributed by atoms with van der Waals surface area (Å²) in [6.07, 6.45) is 13.0. The van der Waals surface area contributed by atoms with E-state index in [1.807, 2.05) is 7.11 Å². The summed E-state index contributed by atoms with van der Waals surface area (Å²) in [5.41, 5.74) is 0. The van der Waals surface area contributed by atoms with E-state index in [0.29, 0.717) is 6.10 Å². The van der Waals surface area contributed by atoms with Crippen molar-refractivity contribution in [2.45, 2.75) is 70.8 Å². The maximum absolute atomic E-state index is 5.64. The quantitative estimate of drug-likeness (QED) is 0.582. The van der Waals surface area contributed by atoms with Crippen molar-refractivity contribution < 1.29 is 4.74 Å². The molecule has 0 spiro atoms. The van der Waals surface area contributed by atoms with Gasteiger partial charge in [0.2, 0.25) is 0 Å². The Bertz CT molecular complexity index is 127. The average Bonchev–Trinajstić information content (AvgIpc) is 2.26. The maximum Gasteiger partial charge on any atom is 0.0599 e. The van der Waals surface area contributed by atoms with Crippen LogP contribution in [0.15, 0.2) is 0 Å². The second-order valence-corrected chi connectivity index (χ2v) is 4.67. The number of unbranched alkanes of at least 4 members (excludes halogenated alkanes) is 2. The first-order valence-electron chi connectivity index (χ1n) is 6.41. The summed E-state index contributed by atoms with van der Waals surface area (Å²) >= 11 is 0. The summed E-state index contributed by atoms with van der Waals surface area (Å²) in [7, 11) is 1.89. The summed E-state index contributed by atoms with van der Waals surface area (Å²) in [6.45, 7) is 2.27. The largest absolute Gasteiger partial charge is 0.381 e. The van der Waals surface area contributed by atoms with Crippen LogP contribution < -0.4 is 0 Å². The summed E-state index contributed by atoms with van der Waals surface area (Å²) in [5, 5.41) is 0. The molecule has 1 saturated carbocycles. The molecule has 0 aliphatic heterocycles. The zero-order valence-corrected chi connectivity index (χ0v) is 9.93. The highest BCUT2D eigenvalue weighted by Crippen LogP contribution is 2.29. The van der Waals surface area contributed by atoms with Gasteiger partial charge < -0.3 is 4.74 Å². The topological polar surface area (TPSA) is 9.23 Å². The molecule has 1 atom stereocenters. The molecule has 1 nitrogen and oxygen atoms in total. The Morgan fingerprint density at radius 2 is 1.86 bits per heavy atom. The van der Waals surface area contributed by atoms with Gasteiger partial charge in [-0.2, -0.15) is 0 Å². The SMILES string of the molecule is CCCCCC(OC)C1CCCCC1. The van der Waals surface area contributed by atoms with Gasteiger partial charge in [0.15, 0.2) is 0 Å². The molecule has 1 unspecified atom stereocenters. The lowest BCUT2D eigenvalue weighted by atomic mass is 9.83. The molecule has 0 heterocycles. The van der Waals surface area contributed by atoms with E-state index in [4.69, 9.17) is 4.74 Å². The molecule has 1 rings (SSSR count). The number of hydrogen-bond donors (Lipinski definition) is 0. The van der Waals surface area contributed by atoms with Crippen molar-refractivity contribution in [3.63, 3.8) is 0 Å². The Morgan fingerprint density at radius 3 is 2.43 bits per heavy atom. The minimum Gasteiger partial charge on any atom is -0.381 e. The van der Waals surface area contributed by atoms with Gasteiger partial charge in [-0.15, -0.1) is 0 Å². The standard InChI is InChI=1S/C13H26O/c1-3-4-6-11-13(14-2)12-9-7-5-8-10-12/h12-13H,3-11H2,1-2H3. The van der Waals surface area contributed by atoms with Crippen molar-refractivity contribution in [3.05, 3.63) is 0 Å². The predicted molar refractivity (Wildman–Crippen MR) is 61.5 cm³/mol. The molecular weight excluding hydrogens is 172 g/mol. The van der Waals surface area contributed by atoms with Crippen LogP contribution in [0.1, 0.15) is 64.7 Å². The van der Waals surface area contributed by atoms with E-state index < -0.39 is 0 Å². The first-order chi connectivity index (χ1) is 6.88. The van der Waals surface area contributed by atoms with Crippen LogP contribution in [0, 0.1) is 5.92 Å². The van der Waals surface area contributed by atoms with Gasteiger partial charge in [0.05, 0.1) is 6.10 Å². The number of rotatable bonds is 6. The van der Waals surface area contributed by atoms with Gasteiger partial charge in [0.25, 0.3) is 0 Å². The third-order valence-corrected chi connectivity index (χ3v) is 3.57. The lowest BCUT2D eigenvalue weighted by Gasteiger charge is -2.29. The van der Waals surface area contributed by atoms with E-state index in [1.165, 1.54) is 57.8 Å². The molecule has 1 fully saturated rings. The molecule has 0 N–H and O–H groups in total. The highest BCUT2D eigenvalue weighted by Gasteiger charge is 2.22. The molecular formula is C13H26O. The molecule has 1 aliphatic carbocycles. The fourth-order valence-corrected chi connectivity index (χ4v) is 2.65. The zero-order valence-electron chi connectivity index (χ0n) is 9.93. The third kappa shape index (κ3) is 4.00. The van der Waals surface area contributed by atoms with Crippen LogP contribution in [-0.2, 0) is 4.74 Å². The lowest BCUT2D eigenvalue weighted by molar-refractivity contribution is 0.0286. The summed E-state index contributed by atoms with van der Waals surface area (Å²) in [5.74, 6) is 0.866. The minimum atomic E-state index is 0.557. The van der Waals surface area contributed by atoms with Gasteiger partial charge in [-0.3, -0.25) is 0 Å². The van der Waals surface area contributed by atoms with Crippen LogP contribution in [-0.4, -0.2) is 13.2 Å². The van der Waals surface area contributed by atoms with Crippen molar-refractivity contribution in [2.24, 2.45) is 5.92 Å². The van der Waals surface area contributed by atoms with E-state index in [-0.39, 0.29) is 0 Å². The Labute approximate surface area is 89.2 Å². The zero-order chi connectivity index (χ0) is 10.2. The number of hydrogen-bond acceptors (Lipinski definition) is 1. The highest BCUT2D eigenvalue weighted by molar-refractivity contribution is 4.74. The molecule has 0 aromatic heterocycles.